The lowest BCUT2D eigenvalue weighted by atomic mass is 10.1. The van der Waals surface area contributed by atoms with Gasteiger partial charge in [-0.2, -0.15) is 0 Å². The molecule has 0 fully saturated rings. The second-order valence-electron chi connectivity index (χ2n) is 5.24. The van der Waals surface area contributed by atoms with Crippen molar-refractivity contribution >= 4 is 23.5 Å². The molecule has 0 aliphatic carbocycles. The average Bonchev–Trinajstić information content (AvgIpc) is 2.54. The number of hydrogen-bond acceptors (Lipinski definition) is 3. The molecule has 0 saturated heterocycles. The fourth-order valence-electron chi connectivity index (χ4n) is 1.97. The van der Waals surface area contributed by atoms with Gasteiger partial charge in [0.2, 0.25) is 0 Å². The van der Waals surface area contributed by atoms with Crippen LogP contribution < -0.4 is 5.32 Å². The van der Waals surface area contributed by atoms with E-state index in [2.05, 4.69) is 5.32 Å². The molecule has 2 rings (SSSR count). The molecule has 0 radical (unpaired) electrons. The van der Waals surface area contributed by atoms with Crippen molar-refractivity contribution in [3.05, 3.63) is 69.7 Å². The molecule has 23 heavy (non-hydrogen) atoms. The third-order valence-corrected chi connectivity index (χ3v) is 3.88. The van der Waals surface area contributed by atoms with Gasteiger partial charge < -0.3 is 10.1 Å². The minimum atomic E-state index is -0.513. The Hall–Kier alpha value is -2.33. The zero-order chi connectivity index (χ0) is 16.8. The summed E-state index contributed by atoms with van der Waals surface area (Å²) in [5, 5.41) is 3.25. The Kier molecular flexibility index (Phi) is 5.77. The standard InChI is InChI=1S/C18H18ClNO3/c1-12-7-8-14(9-13(12)2)18(22)23-11-17(21)20-10-15-5-3-4-6-16(15)19/h3-9H,10-11H2,1-2H3,(H,20,21). The third-order valence-electron chi connectivity index (χ3n) is 3.51. The second-order valence-corrected chi connectivity index (χ2v) is 5.65. The number of amides is 1. The van der Waals surface area contributed by atoms with Crippen LogP contribution in [0.15, 0.2) is 42.5 Å². The number of esters is 1. The van der Waals surface area contributed by atoms with Crippen molar-refractivity contribution in [1.29, 1.82) is 0 Å². The van der Waals surface area contributed by atoms with E-state index >= 15 is 0 Å². The van der Waals surface area contributed by atoms with Gasteiger partial charge >= 0.3 is 5.97 Å². The maximum atomic E-state index is 11.9. The van der Waals surface area contributed by atoms with Crippen molar-refractivity contribution in [3.8, 4) is 0 Å². The number of halogens is 1. The zero-order valence-corrected chi connectivity index (χ0v) is 13.8. The number of carbonyl (C=O) groups is 2. The average molecular weight is 332 g/mol. The van der Waals surface area contributed by atoms with Crippen LogP contribution in [0, 0.1) is 13.8 Å². The van der Waals surface area contributed by atoms with E-state index in [-0.39, 0.29) is 12.5 Å². The van der Waals surface area contributed by atoms with Gasteiger partial charge in [0, 0.05) is 11.6 Å². The Balaban J connectivity index is 1.83. The van der Waals surface area contributed by atoms with Gasteiger partial charge in [0.15, 0.2) is 6.61 Å². The largest absolute Gasteiger partial charge is 0.452 e. The maximum absolute atomic E-state index is 11.9. The van der Waals surface area contributed by atoms with Gasteiger partial charge in [0.05, 0.1) is 5.56 Å². The van der Waals surface area contributed by atoms with E-state index in [1.165, 1.54) is 0 Å². The van der Waals surface area contributed by atoms with Gasteiger partial charge in [0.25, 0.3) is 5.91 Å². The van der Waals surface area contributed by atoms with Crippen molar-refractivity contribution in [1.82, 2.24) is 5.32 Å². The molecule has 1 N–H and O–H groups in total. The lowest BCUT2D eigenvalue weighted by Gasteiger charge is -2.08. The van der Waals surface area contributed by atoms with Gasteiger partial charge in [-0.3, -0.25) is 4.79 Å². The number of benzene rings is 2. The first-order chi connectivity index (χ1) is 11.0. The first-order valence-corrected chi connectivity index (χ1v) is 7.59. The van der Waals surface area contributed by atoms with Crippen LogP contribution in [0.3, 0.4) is 0 Å². The highest BCUT2D eigenvalue weighted by Gasteiger charge is 2.11. The van der Waals surface area contributed by atoms with Gasteiger partial charge in [-0.25, -0.2) is 4.79 Å². The van der Waals surface area contributed by atoms with Crippen molar-refractivity contribution in [3.63, 3.8) is 0 Å². The Morgan fingerprint density at radius 1 is 1.09 bits per heavy atom. The monoisotopic (exact) mass is 331 g/mol. The SMILES string of the molecule is Cc1ccc(C(=O)OCC(=O)NCc2ccccc2Cl)cc1C. The highest BCUT2D eigenvalue weighted by atomic mass is 35.5. The Morgan fingerprint density at radius 2 is 1.83 bits per heavy atom. The molecule has 0 unspecified atom stereocenters. The van der Waals surface area contributed by atoms with Gasteiger partial charge in [-0.1, -0.05) is 35.9 Å². The van der Waals surface area contributed by atoms with E-state index in [1.54, 1.807) is 18.2 Å². The highest BCUT2D eigenvalue weighted by molar-refractivity contribution is 6.31. The summed E-state index contributed by atoms with van der Waals surface area (Å²) >= 11 is 6.01. The van der Waals surface area contributed by atoms with E-state index in [4.69, 9.17) is 16.3 Å². The highest BCUT2D eigenvalue weighted by Crippen LogP contribution is 2.14. The Labute approximate surface area is 140 Å². The van der Waals surface area contributed by atoms with Gasteiger partial charge in [-0.15, -0.1) is 0 Å². The molecule has 0 bridgehead atoms. The molecule has 5 heteroatoms. The van der Waals surface area contributed by atoms with Crippen molar-refractivity contribution in [2.45, 2.75) is 20.4 Å². The number of ether oxygens (including phenoxy) is 1. The van der Waals surface area contributed by atoms with E-state index in [0.717, 1.165) is 16.7 Å². The van der Waals surface area contributed by atoms with Crippen LogP contribution in [0.25, 0.3) is 0 Å². The molecule has 4 nitrogen and oxygen atoms in total. The molecule has 0 saturated carbocycles. The summed E-state index contributed by atoms with van der Waals surface area (Å²) in [7, 11) is 0. The summed E-state index contributed by atoms with van der Waals surface area (Å²) in [6.07, 6.45) is 0. The number of carbonyl (C=O) groups excluding carboxylic acids is 2. The van der Waals surface area contributed by atoms with Crippen LogP contribution in [-0.2, 0) is 16.1 Å². The lowest BCUT2D eigenvalue weighted by Crippen LogP contribution is -2.28. The molecular formula is C18H18ClNO3. The van der Waals surface area contributed by atoms with Crippen LogP contribution in [0.1, 0.15) is 27.0 Å². The van der Waals surface area contributed by atoms with Crippen LogP contribution >= 0.6 is 11.6 Å². The van der Waals surface area contributed by atoms with Crippen LogP contribution in [0.2, 0.25) is 5.02 Å². The zero-order valence-electron chi connectivity index (χ0n) is 13.1. The molecule has 2 aromatic rings. The van der Waals surface area contributed by atoms with E-state index in [1.807, 2.05) is 38.1 Å². The summed E-state index contributed by atoms with van der Waals surface area (Å²) in [5.74, 6) is -0.886. The topological polar surface area (TPSA) is 55.4 Å². The molecule has 0 heterocycles. The molecule has 2 aromatic carbocycles. The summed E-state index contributed by atoms with van der Waals surface area (Å²) in [6, 6.07) is 12.5. The fourth-order valence-corrected chi connectivity index (χ4v) is 2.17. The lowest BCUT2D eigenvalue weighted by molar-refractivity contribution is -0.124. The molecule has 0 atom stereocenters. The smallest absolute Gasteiger partial charge is 0.338 e. The molecule has 120 valence electrons. The number of aryl methyl sites for hydroxylation is 2. The summed E-state index contributed by atoms with van der Waals surface area (Å²) in [6.45, 7) is 3.85. The number of hydrogen-bond donors (Lipinski definition) is 1. The molecule has 0 spiro atoms. The van der Waals surface area contributed by atoms with Crippen molar-refractivity contribution in [2.24, 2.45) is 0 Å². The van der Waals surface area contributed by atoms with E-state index in [0.29, 0.717) is 17.1 Å². The molecule has 0 aliphatic rings. The molecular weight excluding hydrogens is 314 g/mol. The van der Waals surface area contributed by atoms with Crippen LogP contribution in [-0.4, -0.2) is 18.5 Å². The summed E-state index contributed by atoms with van der Waals surface area (Å²) in [4.78, 5) is 23.7. The predicted molar refractivity (Wildman–Crippen MR) is 89.5 cm³/mol. The molecule has 1 amide bonds. The van der Waals surface area contributed by atoms with Crippen molar-refractivity contribution in [2.75, 3.05) is 6.61 Å². The Morgan fingerprint density at radius 3 is 2.52 bits per heavy atom. The Bertz CT molecular complexity index is 728. The van der Waals surface area contributed by atoms with E-state index in [9.17, 15) is 9.59 Å². The normalized spacial score (nSPS) is 10.2. The molecule has 0 aromatic heterocycles. The van der Waals surface area contributed by atoms with Crippen molar-refractivity contribution < 1.29 is 14.3 Å². The van der Waals surface area contributed by atoms with E-state index < -0.39 is 5.97 Å². The first kappa shape index (κ1) is 17.0. The number of nitrogens with one attached hydrogen (secondary N) is 1. The van der Waals surface area contributed by atoms with Gasteiger partial charge in [0.1, 0.15) is 0 Å². The van der Waals surface area contributed by atoms with Gasteiger partial charge in [-0.05, 0) is 48.7 Å². The number of rotatable bonds is 5. The summed E-state index contributed by atoms with van der Waals surface area (Å²) in [5.41, 5.74) is 3.34. The maximum Gasteiger partial charge on any atom is 0.338 e. The van der Waals surface area contributed by atoms with Crippen LogP contribution in [0.5, 0.6) is 0 Å². The quantitative estimate of drug-likeness (QED) is 0.854. The minimum Gasteiger partial charge on any atom is -0.452 e. The first-order valence-electron chi connectivity index (χ1n) is 7.22. The second kappa shape index (κ2) is 7.79. The van der Waals surface area contributed by atoms with Crippen LogP contribution in [0.4, 0.5) is 0 Å². The third kappa shape index (κ3) is 4.83. The minimum absolute atomic E-state index is 0.291. The predicted octanol–water partition coefficient (Wildman–Crippen LogP) is 3.43. The fraction of sp³-hybridized carbons (Fsp3) is 0.222. The molecule has 0 aliphatic heterocycles. The summed E-state index contributed by atoms with van der Waals surface area (Å²) < 4.78 is 5.02.